The zero-order valence-corrected chi connectivity index (χ0v) is 17.8. The summed E-state index contributed by atoms with van der Waals surface area (Å²) in [7, 11) is 0. The Kier molecular flexibility index (Phi) is 8.03. The van der Waals surface area contributed by atoms with Gasteiger partial charge in [0.15, 0.2) is 0 Å². The van der Waals surface area contributed by atoms with Crippen LogP contribution in [0.5, 0.6) is 0 Å². The Morgan fingerprint density at radius 3 is 2.33 bits per heavy atom. The quantitative estimate of drug-likeness (QED) is 0.563. The van der Waals surface area contributed by atoms with Crippen molar-refractivity contribution in [2.75, 3.05) is 13.2 Å². The van der Waals surface area contributed by atoms with Gasteiger partial charge in [-0.1, -0.05) is 74.5 Å². The summed E-state index contributed by atoms with van der Waals surface area (Å²) >= 11 is 0. The van der Waals surface area contributed by atoms with Crippen molar-refractivity contribution in [1.29, 1.82) is 0 Å². The van der Waals surface area contributed by atoms with Gasteiger partial charge in [0, 0.05) is 13.0 Å². The average molecular weight is 410 g/mol. The lowest BCUT2D eigenvalue weighted by molar-refractivity contribution is -0.130. The predicted molar refractivity (Wildman–Crippen MR) is 116 cm³/mol. The van der Waals surface area contributed by atoms with Crippen molar-refractivity contribution in [3.8, 4) is 0 Å². The summed E-state index contributed by atoms with van der Waals surface area (Å²) in [6, 6.07) is 19.8. The largest absolute Gasteiger partial charge is 0.447 e. The summed E-state index contributed by atoms with van der Waals surface area (Å²) in [6.45, 7) is 5.69. The van der Waals surface area contributed by atoms with Crippen LogP contribution >= 0.6 is 0 Å². The fraction of sp³-hybridized carbons (Fsp3) is 0.440. The first-order valence-electron chi connectivity index (χ1n) is 10.7. The number of nitrogens with zero attached hydrogens (tertiary/aromatic N) is 1. The van der Waals surface area contributed by atoms with Crippen molar-refractivity contribution in [1.82, 2.24) is 4.90 Å². The van der Waals surface area contributed by atoms with E-state index < -0.39 is 6.09 Å². The molecule has 3 rings (SSSR count). The standard InChI is InChI=1S/C25H31NO4/c1-19(13-20(2)16-29-17-22-11-7-4-8-12-22)14-24(27)26-23(18-30-25(26)28)15-21-9-5-3-6-10-21/h3-12,19-20,23H,13-18H2,1-2H3/t19-,20-,23-/m0/s1. The van der Waals surface area contributed by atoms with E-state index in [1.807, 2.05) is 60.7 Å². The van der Waals surface area contributed by atoms with Gasteiger partial charge < -0.3 is 9.47 Å². The number of benzene rings is 2. The van der Waals surface area contributed by atoms with Crippen LogP contribution in [0.2, 0.25) is 0 Å². The molecular weight excluding hydrogens is 378 g/mol. The molecule has 30 heavy (non-hydrogen) atoms. The zero-order chi connectivity index (χ0) is 21.3. The highest BCUT2D eigenvalue weighted by Gasteiger charge is 2.38. The molecule has 0 saturated carbocycles. The monoisotopic (exact) mass is 409 g/mol. The lowest BCUT2D eigenvalue weighted by Crippen LogP contribution is -2.40. The fourth-order valence-corrected chi connectivity index (χ4v) is 3.99. The molecule has 0 unspecified atom stereocenters. The Morgan fingerprint density at radius 1 is 1.03 bits per heavy atom. The van der Waals surface area contributed by atoms with Crippen LogP contribution in [0.15, 0.2) is 60.7 Å². The average Bonchev–Trinajstić information content (AvgIpc) is 3.09. The van der Waals surface area contributed by atoms with Crippen molar-refractivity contribution in [2.45, 2.75) is 45.8 Å². The van der Waals surface area contributed by atoms with Gasteiger partial charge in [0.05, 0.1) is 12.6 Å². The van der Waals surface area contributed by atoms with Gasteiger partial charge in [0.25, 0.3) is 0 Å². The highest BCUT2D eigenvalue weighted by Crippen LogP contribution is 2.22. The second-order valence-corrected chi connectivity index (χ2v) is 8.34. The first-order valence-corrected chi connectivity index (χ1v) is 10.7. The number of hydrogen-bond acceptors (Lipinski definition) is 4. The molecule has 1 aliphatic heterocycles. The first-order chi connectivity index (χ1) is 14.5. The van der Waals surface area contributed by atoms with E-state index in [1.54, 1.807) is 0 Å². The number of carbonyl (C=O) groups excluding carboxylic acids is 2. The highest BCUT2D eigenvalue weighted by molar-refractivity contribution is 5.93. The Hall–Kier alpha value is -2.66. The third kappa shape index (κ3) is 6.42. The molecule has 2 amide bonds. The third-order valence-electron chi connectivity index (χ3n) is 5.39. The summed E-state index contributed by atoms with van der Waals surface area (Å²) in [5.41, 5.74) is 2.25. The van der Waals surface area contributed by atoms with Crippen molar-refractivity contribution in [3.63, 3.8) is 0 Å². The van der Waals surface area contributed by atoms with Crippen LogP contribution in [-0.2, 0) is 27.3 Å². The van der Waals surface area contributed by atoms with Crippen LogP contribution in [0.4, 0.5) is 4.79 Å². The van der Waals surface area contributed by atoms with Crippen molar-refractivity contribution in [3.05, 3.63) is 71.8 Å². The molecule has 2 aromatic carbocycles. The minimum absolute atomic E-state index is 0.150. The number of cyclic esters (lactones) is 1. The van der Waals surface area contributed by atoms with Gasteiger partial charge >= 0.3 is 6.09 Å². The molecule has 0 aliphatic carbocycles. The molecule has 5 nitrogen and oxygen atoms in total. The minimum atomic E-state index is -0.521. The number of hydrogen-bond donors (Lipinski definition) is 0. The molecular formula is C25H31NO4. The molecule has 5 heteroatoms. The normalized spacial score (nSPS) is 18.1. The summed E-state index contributed by atoms with van der Waals surface area (Å²) in [5.74, 6) is 0.351. The second-order valence-electron chi connectivity index (χ2n) is 8.34. The van der Waals surface area contributed by atoms with Gasteiger partial charge in [0.1, 0.15) is 6.61 Å². The molecule has 1 heterocycles. The van der Waals surface area contributed by atoms with Gasteiger partial charge in [0.2, 0.25) is 5.91 Å². The number of imide groups is 1. The molecule has 3 atom stereocenters. The maximum atomic E-state index is 12.8. The lowest BCUT2D eigenvalue weighted by atomic mass is 9.94. The van der Waals surface area contributed by atoms with E-state index in [2.05, 4.69) is 13.8 Å². The molecule has 0 N–H and O–H groups in total. The Bertz CT molecular complexity index is 808. The molecule has 1 saturated heterocycles. The number of carbonyl (C=O) groups is 2. The van der Waals surface area contributed by atoms with E-state index in [9.17, 15) is 9.59 Å². The summed E-state index contributed by atoms with van der Waals surface area (Å²) in [5, 5.41) is 0. The molecule has 2 aromatic rings. The molecule has 0 aromatic heterocycles. The number of rotatable bonds is 10. The topological polar surface area (TPSA) is 55.8 Å². The predicted octanol–water partition coefficient (Wildman–Crippen LogP) is 4.85. The Balaban J connectivity index is 1.44. The third-order valence-corrected chi connectivity index (χ3v) is 5.39. The van der Waals surface area contributed by atoms with E-state index in [0.29, 0.717) is 32.0 Å². The molecule has 1 aliphatic rings. The Morgan fingerprint density at radius 2 is 1.67 bits per heavy atom. The Labute approximate surface area is 179 Å². The van der Waals surface area contributed by atoms with E-state index in [4.69, 9.17) is 9.47 Å². The first kappa shape index (κ1) is 22.0. The van der Waals surface area contributed by atoms with Crippen molar-refractivity contribution < 1.29 is 19.1 Å². The highest BCUT2D eigenvalue weighted by atomic mass is 16.6. The van der Waals surface area contributed by atoms with Crippen LogP contribution in [0.3, 0.4) is 0 Å². The fourth-order valence-electron chi connectivity index (χ4n) is 3.99. The maximum absolute atomic E-state index is 12.8. The lowest BCUT2D eigenvalue weighted by Gasteiger charge is -2.22. The van der Waals surface area contributed by atoms with Crippen LogP contribution < -0.4 is 0 Å². The zero-order valence-electron chi connectivity index (χ0n) is 17.8. The van der Waals surface area contributed by atoms with Crippen LogP contribution in [0.25, 0.3) is 0 Å². The molecule has 0 spiro atoms. The summed E-state index contributed by atoms with van der Waals surface area (Å²) in [4.78, 5) is 26.3. The van der Waals surface area contributed by atoms with Crippen LogP contribution in [0, 0.1) is 11.8 Å². The van der Waals surface area contributed by atoms with E-state index in [1.165, 1.54) is 4.90 Å². The van der Waals surface area contributed by atoms with Gasteiger partial charge in [-0.2, -0.15) is 0 Å². The van der Waals surface area contributed by atoms with Crippen LogP contribution in [0.1, 0.15) is 37.8 Å². The maximum Gasteiger partial charge on any atom is 0.416 e. The minimum Gasteiger partial charge on any atom is -0.447 e. The van der Waals surface area contributed by atoms with Crippen LogP contribution in [-0.4, -0.2) is 36.2 Å². The number of amides is 2. The summed E-state index contributed by atoms with van der Waals surface area (Å²) in [6.07, 6.45) is 1.31. The summed E-state index contributed by atoms with van der Waals surface area (Å²) < 4.78 is 11.0. The molecule has 160 valence electrons. The molecule has 1 fully saturated rings. The van der Waals surface area contributed by atoms with Crippen molar-refractivity contribution >= 4 is 12.0 Å². The van der Waals surface area contributed by atoms with Gasteiger partial charge in [-0.15, -0.1) is 0 Å². The smallest absolute Gasteiger partial charge is 0.416 e. The van der Waals surface area contributed by atoms with E-state index in [-0.39, 0.29) is 24.5 Å². The SMILES string of the molecule is C[C@H](COCc1ccccc1)C[C@H](C)CC(=O)N1C(=O)OC[C@@H]1Cc1ccccc1. The van der Waals surface area contributed by atoms with Gasteiger partial charge in [-0.05, 0) is 35.8 Å². The molecule has 0 bridgehead atoms. The number of ether oxygens (including phenoxy) is 2. The second kappa shape index (κ2) is 10.9. The van der Waals surface area contributed by atoms with Gasteiger partial charge in [-0.3, -0.25) is 4.79 Å². The van der Waals surface area contributed by atoms with Gasteiger partial charge in [-0.25, -0.2) is 9.69 Å². The molecule has 0 radical (unpaired) electrons. The van der Waals surface area contributed by atoms with Crippen molar-refractivity contribution in [2.24, 2.45) is 11.8 Å². The van der Waals surface area contributed by atoms with E-state index in [0.717, 1.165) is 17.5 Å². The van der Waals surface area contributed by atoms with E-state index >= 15 is 0 Å².